The molecule has 1 N–H and O–H groups in total. The van der Waals surface area contributed by atoms with Crippen molar-refractivity contribution in [3.05, 3.63) is 35.5 Å². The van der Waals surface area contributed by atoms with Crippen LogP contribution < -0.4 is 0 Å². The molecule has 5 nitrogen and oxygen atoms in total. The molecule has 3 fully saturated rings. The predicted octanol–water partition coefficient (Wildman–Crippen LogP) is 4.07. The highest BCUT2D eigenvalue weighted by atomic mass is 16.2. The van der Waals surface area contributed by atoms with E-state index < -0.39 is 0 Å². The van der Waals surface area contributed by atoms with Gasteiger partial charge in [-0.25, -0.2) is 0 Å². The Morgan fingerprint density at radius 2 is 1.73 bits per heavy atom. The van der Waals surface area contributed by atoms with Crippen LogP contribution in [0, 0.1) is 0 Å². The number of aromatic nitrogens is 1. The molecular weight excluding hydrogens is 372 g/mol. The average Bonchev–Trinajstić information content (AvgIpc) is 3.16. The van der Waals surface area contributed by atoms with E-state index >= 15 is 0 Å². The molecule has 3 aliphatic rings. The van der Waals surface area contributed by atoms with E-state index in [1.807, 2.05) is 11.0 Å². The zero-order valence-electron chi connectivity index (χ0n) is 18.6. The topological polar surface area (TPSA) is 42.6 Å². The number of likely N-dealkylation sites (tertiary alicyclic amines) is 1. The van der Waals surface area contributed by atoms with Gasteiger partial charge in [0, 0.05) is 60.9 Å². The molecule has 3 heterocycles. The van der Waals surface area contributed by atoms with E-state index in [2.05, 4.69) is 47.0 Å². The molecule has 162 valence electrons. The van der Waals surface area contributed by atoms with Gasteiger partial charge in [0.15, 0.2) is 0 Å². The number of fused-ring (bicyclic) bond motifs is 1. The van der Waals surface area contributed by atoms with E-state index in [0.717, 1.165) is 43.3 Å². The molecular formula is C25H36N4O. The molecule has 1 amide bonds. The minimum absolute atomic E-state index is 0.172. The van der Waals surface area contributed by atoms with Crippen LogP contribution in [-0.2, 0) is 0 Å². The fourth-order valence-electron chi connectivity index (χ4n) is 5.57. The predicted molar refractivity (Wildman–Crippen MR) is 122 cm³/mol. The van der Waals surface area contributed by atoms with Gasteiger partial charge in [-0.1, -0.05) is 12.5 Å². The summed E-state index contributed by atoms with van der Waals surface area (Å²) in [6, 6.07) is 7.71. The summed E-state index contributed by atoms with van der Waals surface area (Å²) in [6.07, 6.45) is 8.93. The Labute approximate surface area is 180 Å². The molecule has 1 aromatic heterocycles. The Morgan fingerprint density at radius 1 is 1.00 bits per heavy atom. The number of rotatable bonds is 4. The van der Waals surface area contributed by atoms with Gasteiger partial charge in [0.2, 0.25) is 0 Å². The number of amides is 1. The number of piperidine rings is 1. The Balaban J connectivity index is 1.25. The third-order valence-electron chi connectivity index (χ3n) is 7.85. The zero-order chi connectivity index (χ0) is 20.7. The molecule has 30 heavy (non-hydrogen) atoms. The van der Waals surface area contributed by atoms with Gasteiger partial charge in [0.1, 0.15) is 0 Å². The lowest BCUT2D eigenvalue weighted by Gasteiger charge is -2.41. The lowest BCUT2D eigenvalue weighted by atomic mass is 9.85. The van der Waals surface area contributed by atoms with Crippen LogP contribution in [0.4, 0.5) is 0 Å². The number of hydrogen-bond donors (Lipinski definition) is 1. The van der Waals surface area contributed by atoms with Crippen molar-refractivity contribution in [1.82, 2.24) is 19.7 Å². The zero-order valence-corrected chi connectivity index (χ0v) is 18.6. The normalized spacial score (nSPS) is 22.7. The number of benzene rings is 1. The van der Waals surface area contributed by atoms with Crippen LogP contribution >= 0.6 is 0 Å². The van der Waals surface area contributed by atoms with Crippen molar-refractivity contribution < 1.29 is 4.79 Å². The molecule has 5 heteroatoms. The summed E-state index contributed by atoms with van der Waals surface area (Å²) in [7, 11) is 0. The number of H-pyrrole nitrogens is 1. The SMILES string of the molecule is CC(C)N1CCN(C(=O)c2ccc3c(C4CCN(C5CCC5)CC4)c[nH]c3c2)CC1. The fraction of sp³-hybridized carbons (Fsp3) is 0.640. The van der Waals surface area contributed by atoms with Crippen molar-refractivity contribution >= 4 is 16.8 Å². The highest BCUT2D eigenvalue weighted by molar-refractivity contribution is 5.98. The molecule has 1 saturated carbocycles. The second-order valence-corrected chi connectivity index (χ2v) is 9.82. The number of carbonyl (C=O) groups excluding carboxylic acids is 1. The van der Waals surface area contributed by atoms with E-state index in [9.17, 15) is 4.79 Å². The Bertz CT molecular complexity index is 884. The third kappa shape index (κ3) is 3.78. The molecule has 2 saturated heterocycles. The summed E-state index contributed by atoms with van der Waals surface area (Å²) >= 11 is 0. The number of nitrogens with zero attached hydrogens (tertiary/aromatic N) is 3. The van der Waals surface area contributed by atoms with Gasteiger partial charge in [0.25, 0.3) is 5.91 Å². The van der Waals surface area contributed by atoms with Gasteiger partial charge in [-0.15, -0.1) is 0 Å². The molecule has 0 radical (unpaired) electrons. The average molecular weight is 409 g/mol. The van der Waals surface area contributed by atoms with Crippen LogP contribution in [0.15, 0.2) is 24.4 Å². The van der Waals surface area contributed by atoms with E-state index in [1.54, 1.807) is 0 Å². The molecule has 0 spiro atoms. The summed E-state index contributed by atoms with van der Waals surface area (Å²) in [5.41, 5.74) is 3.37. The minimum atomic E-state index is 0.172. The van der Waals surface area contributed by atoms with E-state index in [0.29, 0.717) is 12.0 Å². The maximum atomic E-state index is 13.1. The second-order valence-electron chi connectivity index (χ2n) is 9.82. The first-order valence-electron chi connectivity index (χ1n) is 12.0. The van der Waals surface area contributed by atoms with Gasteiger partial charge >= 0.3 is 0 Å². The quantitative estimate of drug-likeness (QED) is 0.829. The minimum Gasteiger partial charge on any atom is -0.361 e. The molecule has 2 aromatic rings. The second kappa shape index (κ2) is 8.35. The first-order chi connectivity index (χ1) is 14.6. The fourth-order valence-corrected chi connectivity index (χ4v) is 5.57. The van der Waals surface area contributed by atoms with Crippen LogP contribution in [-0.4, -0.2) is 76.9 Å². The molecule has 1 aliphatic carbocycles. The summed E-state index contributed by atoms with van der Waals surface area (Å²) in [4.78, 5) is 23.7. The smallest absolute Gasteiger partial charge is 0.254 e. The van der Waals surface area contributed by atoms with Crippen molar-refractivity contribution in [3.63, 3.8) is 0 Å². The molecule has 0 bridgehead atoms. The van der Waals surface area contributed by atoms with Crippen molar-refractivity contribution in [2.24, 2.45) is 0 Å². The van der Waals surface area contributed by atoms with E-state index in [4.69, 9.17) is 0 Å². The Morgan fingerprint density at radius 3 is 2.37 bits per heavy atom. The first-order valence-corrected chi connectivity index (χ1v) is 12.0. The van der Waals surface area contributed by atoms with E-state index in [-0.39, 0.29) is 5.91 Å². The summed E-state index contributed by atoms with van der Waals surface area (Å²) in [5.74, 6) is 0.811. The molecule has 5 rings (SSSR count). The number of nitrogens with one attached hydrogen (secondary N) is 1. The van der Waals surface area contributed by atoms with Crippen LogP contribution in [0.1, 0.15) is 67.8 Å². The lowest BCUT2D eigenvalue weighted by molar-refractivity contribution is 0.0595. The number of piperazine rings is 1. The molecule has 0 unspecified atom stereocenters. The lowest BCUT2D eigenvalue weighted by Crippen LogP contribution is -2.50. The largest absolute Gasteiger partial charge is 0.361 e. The van der Waals surface area contributed by atoms with Crippen molar-refractivity contribution in [2.75, 3.05) is 39.3 Å². The highest BCUT2D eigenvalue weighted by Gasteiger charge is 2.30. The van der Waals surface area contributed by atoms with Crippen molar-refractivity contribution in [2.45, 2.75) is 64.0 Å². The van der Waals surface area contributed by atoms with Crippen LogP contribution in [0.5, 0.6) is 0 Å². The maximum absolute atomic E-state index is 13.1. The summed E-state index contributed by atoms with van der Waals surface area (Å²) in [6.45, 7) is 10.5. The van der Waals surface area contributed by atoms with Gasteiger partial charge in [-0.3, -0.25) is 9.69 Å². The van der Waals surface area contributed by atoms with Crippen molar-refractivity contribution in [1.29, 1.82) is 0 Å². The standard InChI is InChI=1S/C25H36N4O/c1-18(2)27-12-14-29(15-13-27)25(30)20-6-7-22-23(17-26-24(22)16-20)19-8-10-28(11-9-19)21-4-3-5-21/h6-7,16-19,21,26H,3-5,8-15H2,1-2H3. The monoisotopic (exact) mass is 408 g/mol. The highest BCUT2D eigenvalue weighted by Crippen LogP contribution is 2.36. The maximum Gasteiger partial charge on any atom is 0.254 e. The molecule has 2 aliphatic heterocycles. The summed E-state index contributed by atoms with van der Waals surface area (Å²) < 4.78 is 0. The Hall–Kier alpha value is -1.85. The van der Waals surface area contributed by atoms with E-state index in [1.165, 1.54) is 56.1 Å². The Kier molecular flexibility index (Phi) is 5.59. The number of hydrogen-bond acceptors (Lipinski definition) is 3. The van der Waals surface area contributed by atoms with Crippen LogP contribution in [0.2, 0.25) is 0 Å². The molecule has 0 atom stereocenters. The summed E-state index contributed by atoms with van der Waals surface area (Å²) in [5, 5.41) is 1.30. The van der Waals surface area contributed by atoms with Gasteiger partial charge < -0.3 is 14.8 Å². The first kappa shape index (κ1) is 20.1. The van der Waals surface area contributed by atoms with Crippen LogP contribution in [0.25, 0.3) is 10.9 Å². The van der Waals surface area contributed by atoms with Gasteiger partial charge in [-0.05, 0) is 76.2 Å². The number of aromatic amines is 1. The van der Waals surface area contributed by atoms with Crippen LogP contribution in [0.3, 0.4) is 0 Å². The number of carbonyl (C=O) groups is 1. The van der Waals surface area contributed by atoms with Gasteiger partial charge in [0.05, 0.1) is 0 Å². The van der Waals surface area contributed by atoms with Crippen molar-refractivity contribution in [3.8, 4) is 0 Å². The third-order valence-corrected chi connectivity index (χ3v) is 7.85. The van der Waals surface area contributed by atoms with Gasteiger partial charge in [-0.2, -0.15) is 0 Å². The molecule has 1 aromatic carbocycles.